The minimum absolute atomic E-state index is 0.128. The molecule has 2 aromatic carbocycles. The number of carboxylic acid groups (broad SMARTS) is 1. The topological polar surface area (TPSA) is 388 Å². The largest absolute Gasteiger partial charge is 0.496 e. The summed E-state index contributed by atoms with van der Waals surface area (Å²) in [4.78, 5) is 69.6. The number of carbonyl (C=O) groups is 4. The molecule has 9 rings (SSSR count). The Balaban J connectivity index is 0.888. The molecule has 27 heteroatoms. The highest BCUT2D eigenvalue weighted by molar-refractivity contribution is 8.76. The number of aliphatic hydroxyl groups excluding tert-OH is 9. The number of benzene rings is 2. The third-order valence-electron chi connectivity index (χ3n) is 20.1. The van der Waals surface area contributed by atoms with Crippen LogP contribution < -0.4 is 20.4 Å². The molecule has 1 unspecified atom stereocenters. The molecule has 1 spiro atoms. The van der Waals surface area contributed by atoms with Gasteiger partial charge in [0.15, 0.2) is 5.78 Å². The Hall–Kier alpha value is -4.50. The second kappa shape index (κ2) is 27.0. The minimum atomic E-state index is -2.34. The van der Waals surface area contributed by atoms with Gasteiger partial charge in [0.1, 0.15) is 61.6 Å². The zero-order valence-corrected chi connectivity index (χ0v) is 52.2. The molecular formula is C61H88N6O19S2. The number of carbonyl (C=O) groups excluding carboxylic acids is 3. The Kier molecular flexibility index (Phi) is 20.8. The number of ketones is 1. The average molecular weight is 1270 g/mol. The van der Waals surface area contributed by atoms with Crippen molar-refractivity contribution in [2.45, 2.75) is 156 Å². The number of carboxylic acids is 1. The molecule has 1 aliphatic carbocycles. The number of aromatic nitrogens is 1. The molecule has 488 valence electrons. The first-order valence-corrected chi connectivity index (χ1v) is 32.7. The number of methoxy groups -OCH3 is 1. The number of rotatable bonds is 28. The quantitative estimate of drug-likeness (QED) is 0.0108. The number of H-pyrrole nitrogens is 1. The van der Waals surface area contributed by atoms with E-state index in [9.17, 15) is 75.3 Å². The number of nitrogens with zero attached hydrogens (tertiary/aromatic N) is 3. The SMILES string of the molecule is CC[C@]1(O)C[C@H]2CN(Cc3c([nH]c4ccccc34)[C@@](C)(c3cc4c(cc3OC)N(C)[C@H]3[C@@](O)(ONCC(=O)OCCSSC[C@H](CC(=O)[C@@H](NC(=O)[C@@H](C)[C@@H](O)[C@H](O)[C@H](O)CO)[C@@H](O)[C@H](O)[C@H](O)CO)C(=O)O)[C@H](O)[C@]5(CC)C=CCN6CC[C@]43[C@@H]65)C2)C1. The van der Waals surface area contributed by atoms with E-state index in [1.165, 1.54) is 5.56 Å². The molecule has 0 radical (unpaired) electrons. The predicted molar refractivity (Wildman–Crippen MR) is 325 cm³/mol. The molecule has 1 aromatic heterocycles. The van der Waals surface area contributed by atoms with Gasteiger partial charge in [-0.15, -0.1) is 0 Å². The number of ether oxygens (including phenoxy) is 2. The number of nitrogens with one attached hydrogen (secondary N) is 3. The number of hydroxylamine groups is 1. The fourth-order valence-electron chi connectivity index (χ4n) is 15.7. The van der Waals surface area contributed by atoms with Crippen molar-refractivity contribution in [1.82, 2.24) is 25.6 Å². The number of likely N-dealkylation sites (N-methyl/N-ethyl adjacent to an activating group) is 1. The number of aliphatic hydroxyl groups is 11. The zero-order chi connectivity index (χ0) is 64.0. The molecular weight excluding hydrogens is 1180 g/mol. The van der Waals surface area contributed by atoms with Gasteiger partial charge in [-0.05, 0) is 74.8 Å². The number of aromatic amines is 1. The van der Waals surface area contributed by atoms with Crippen molar-refractivity contribution in [2.24, 2.45) is 23.2 Å². The number of Topliss-reactive ketones (excluding diaryl/α,β-unsaturated/α-hetero) is 1. The Morgan fingerprint density at radius 2 is 1.61 bits per heavy atom. The number of amides is 1. The van der Waals surface area contributed by atoms with Crippen molar-refractivity contribution < 1.29 is 94.8 Å². The van der Waals surface area contributed by atoms with Crippen LogP contribution in [0.25, 0.3) is 10.9 Å². The normalized spacial score (nSPS) is 32.0. The van der Waals surface area contributed by atoms with Crippen molar-refractivity contribution >= 4 is 61.8 Å². The monoisotopic (exact) mass is 1270 g/mol. The summed E-state index contributed by atoms with van der Waals surface area (Å²) in [6, 6.07) is 9.39. The highest BCUT2D eigenvalue weighted by Gasteiger charge is 2.78. The summed E-state index contributed by atoms with van der Waals surface area (Å²) in [7, 11) is 5.65. The van der Waals surface area contributed by atoms with Gasteiger partial charge in [0, 0.05) is 107 Å². The van der Waals surface area contributed by atoms with Gasteiger partial charge in [-0.1, -0.05) is 72.7 Å². The van der Waals surface area contributed by atoms with Crippen LogP contribution in [-0.4, -0.2) is 250 Å². The number of fused-ring (bicyclic) bond motifs is 6. The third kappa shape index (κ3) is 12.1. The lowest BCUT2D eigenvalue weighted by molar-refractivity contribution is -0.340. The van der Waals surface area contributed by atoms with Gasteiger partial charge in [-0.2, -0.15) is 5.48 Å². The van der Waals surface area contributed by atoms with Gasteiger partial charge in [-0.3, -0.25) is 33.8 Å². The summed E-state index contributed by atoms with van der Waals surface area (Å²) in [5.74, 6) is -9.27. The molecule has 1 amide bonds. The summed E-state index contributed by atoms with van der Waals surface area (Å²) in [6.07, 6.45) is -7.67. The fourth-order valence-corrected chi connectivity index (χ4v) is 17.8. The van der Waals surface area contributed by atoms with Crippen LogP contribution in [0.15, 0.2) is 48.6 Å². The Morgan fingerprint density at radius 3 is 2.28 bits per heavy atom. The second-order valence-electron chi connectivity index (χ2n) is 25.4. The van der Waals surface area contributed by atoms with Crippen molar-refractivity contribution in [3.63, 3.8) is 0 Å². The Bertz CT molecular complexity index is 3050. The van der Waals surface area contributed by atoms with Crippen LogP contribution >= 0.6 is 21.6 Å². The fraction of sp³-hybridized carbons (Fsp3) is 0.672. The number of hydrogen-bond acceptors (Lipinski definition) is 24. The summed E-state index contributed by atoms with van der Waals surface area (Å²) in [5.41, 5.74) is 5.34. The van der Waals surface area contributed by atoms with Gasteiger partial charge in [0.05, 0.1) is 49.9 Å². The standard InChI is InChI=1S/C61H88N6O19S2/c1-7-58(82)24-33-23-57(4,51-36(27-66(26-33)31-58)35-12-9-10-13-39(35)63-51)38-21-37-40(22-44(38)84-6)65(5)55-60(37)15-17-67-16-11-14-59(8-2,54(60)67)56(81)61(55,83)86-62-25-45(73)85-18-19-87-88-30-34(53(79)80)20-41(70)46(50(77)49(76)43(72)29-69)64-52(78)32(3)47(74)48(75)42(71)28-68/h9-14,21-22,32-34,42-43,46-50,54-56,62-63,68-69,71-72,74-77,81-83H,7-8,15-20,23-31H2,1-6H3,(H,64,78)(H,79,80)/t32-,33-,34-,42+,43+,46+,47+,48+,49+,50+,54-,55+,56+,57+,58-,59+,60+,61+/m0/s1. The molecule has 15 N–H and O–H groups in total. The highest BCUT2D eigenvalue weighted by Crippen LogP contribution is 2.67. The molecule has 3 fully saturated rings. The zero-order valence-electron chi connectivity index (χ0n) is 50.5. The number of aliphatic carboxylic acids is 1. The molecule has 6 heterocycles. The van der Waals surface area contributed by atoms with Crippen LogP contribution in [-0.2, 0) is 46.1 Å². The van der Waals surface area contributed by atoms with E-state index in [2.05, 4.69) is 69.8 Å². The van der Waals surface area contributed by atoms with Crippen molar-refractivity contribution in [2.75, 3.05) is 83.1 Å². The number of hydrogen-bond donors (Lipinski definition) is 15. The first-order valence-electron chi connectivity index (χ1n) is 30.2. The first kappa shape index (κ1) is 67.9. The van der Waals surface area contributed by atoms with E-state index in [0.717, 1.165) is 68.5 Å². The van der Waals surface area contributed by atoms with Gasteiger partial charge in [0.25, 0.3) is 0 Å². The molecule has 2 saturated heterocycles. The van der Waals surface area contributed by atoms with Gasteiger partial charge in [0.2, 0.25) is 11.7 Å². The van der Waals surface area contributed by atoms with Crippen LogP contribution in [0.1, 0.15) is 88.6 Å². The molecule has 3 aromatic rings. The van der Waals surface area contributed by atoms with E-state index in [4.69, 9.17) is 19.4 Å². The first-order chi connectivity index (χ1) is 41.7. The van der Waals surface area contributed by atoms with Gasteiger partial charge in [-0.25, -0.2) is 0 Å². The van der Waals surface area contributed by atoms with Crippen LogP contribution in [0.3, 0.4) is 0 Å². The maximum atomic E-state index is 13.6. The smallest absolute Gasteiger partial charge is 0.322 e. The number of esters is 1. The summed E-state index contributed by atoms with van der Waals surface area (Å²) in [6.45, 7) is 8.01. The molecule has 25 nitrogen and oxygen atoms in total. The summed E-state index contributed by atoms with van der Waals surface area (Å²) < 4.78 is 11.9. The number of anilines is 1. The average Bonchev–Trinajstić information content (AvgIpc) is 1.45. The van der Waals surface area contributed by atoms with E-state index in [0.29, 0.717) is 64.0 Å². The van der Waals surface area contributed by atoms with E-state index < -0.39 is 144 Å². The Morgan fingerprint density at radius 1 is 0.909 bits per heavy atom. The van der Waals surface area contributed by atoms with E-state index in [-0.39, 0.29) is 30.1 Å². The number of para-hydroxylation sites is 1. The van der Waals surface area contributed by atoms with Gasteiger partial charge >= 0.3 is 11.9 Å². The van der Waals surface area contributed by atoms with Gasteiger partial charge < -0.3 is 86.0 Å². The highest BCUT2D eigenvalue weighted by atomic mass is 33.1. The summed E-state index contributed by atoms with van der Waals surface area (Å²) >= 11 is 0. The van der Waals surface area contributed by atoms with Crippen molar-refractivity contribution in [3.8, 4) is 5.75 Å². The summed E-state index contributed by atoms with van der Waals surface area (Å²) in [5, 5.41) is 132. The molecule has 5 aliphatic heterocycles. The van der Waals surface area contributed by atoms with Crippen molar-refractivity contribution in [1.29, 1.82) is 0 Å². The molecule has 1 saturated carbocycles. The van der Waals surface area contributed by atoms with E-state index >= 15 is 0 Å². The van der Waals surface area contributed by atoms with Crippen LogP contribution in [0.4, 0.5) is 5.69 Å². The maximum absolute atomic E-state index is 13.6. The molecule has 19 atom stereocenters. The van der Waals surface area contributed by atoms with Crippen LogP contribution in [0.2, 0.25) is 0 Å². The maximum Gasteiger partial charge on any atom is 0.322 e. The second-order valence-corrected chi connectivity index (χ2v) is 28.0. The van der Waals surface area contributed by atoms with Crippen LogP contribution in [0, 0.1) is 23.2 Å². The lowest BCUT2D eigenvalue weighted by Gasteiger charge is -2.63. The van der Waals surface area contributed by atoms with Crippen molar-refractivity contribution in [3.05, 3.63) is 70.9 Å². The minimum Gasteiger partial charge on any atom is -0.496 e. The van der Waals surface area contributed by atoms with E-state index in [1.54, 1.807) is 7.11 Å². The third-order valence-corrected chi connectivity index (χ3v) is 22.6. The predicted octanol–water partition coefficient (Wildman–Crippen LogP) is -0.614. The van der Waals surface area contributed by atoms with E-state index in [1.807, 2.05) is 37.1 Å². The number of piperidine rings is 1. The lowest BCUT2D eigenvalue weighted by Crippen LogP contribution is -2.80. The molecule has 88 heavy (non-hydrogen) atoms. The van der Waals surface area contributed by atoms with Crippen LogP contribution in [0.5, 0.6) is 5.75 Å². The molecule has 2 bridgehead atoms. The lowest BCUT2D eigenvalue weighted by atomic mass is 9.50. The molecule has 6 aliphatic rings. The Labute approximate surface area is 518 Å².